The lowest BCUT2D eigenvalue weighted by molar-refractivity contribution is -0.351. The van der Waals surface area contributed by atoms with Gasteiger partial charge in [-0.2, -0.15) is 0 Å². The van der Waals surface area contributed by atoms with Gasteiger partial charge in [0.1, 0.15) is 35.6 Å². The van der Waals surface area contributed by atoms with Crippen molar-refractivity contribution in [1.29, 1.82) is 0 Å². The molecule has 1 aromatic carbocycles. The molecule has 0 amide bonds. The maximum absolute atomic E-state index is 12.6. The van der Waals surface area contributed by atoms with Crippen molar-refractivity contribution in [3.05, 3.63) is 54.3 Å². The molecule has 3 aliphatic rings. The second kappa shape index (κ2) is 9.96. The lowest BCUT2D eigenvalue weighted by atomic mass is 9.81. The molecule has 11 nitrogen and oxygen atoms in total. The third kappa shape index (κ3) is 4.86. The third-order valence-corrected chi connectivity index (χ3v) is 6.77. The van der Waals surface area contributed by atoms with Crippen LogP contribution in [-0.2, 0) is 23.7 Å². The number of fused-ring (bicyclic) bond motifs is 1. The quantitative estimate of drug-likeness (QED) is 0.207. The molecular formula is C24H30O11. The topological polar surface area (TPSA) is 175 Å². The molecule has 2 aliphatic heterocycles. The summed E-state index contributed by atoms with van der Waals surface area (Å²) in [5.41, 5.74) is -2.62. The summed E-state index contributed by atoms with van der Waals surface area (Å²) in [6.45, 7) is 0.852. The molecule has 35 heavy (non-hydrogen) atoms. The van der Waals surface area contributed by atoms with Gasteiger partial charge in [0.25, 0.3) is 0 Å². The molecule has 0 unspecified atom stereocenters. The van der Waals surface area contributed by atoms with Crippen molar-refractivity contribution in [2.45, 2.75) is 67.6 Å². The number of rotatable bonds is 6. The Kier molecular flexibility index (Phi) is 7.32. The van der Waals surface area contributed by atoms with Crippen LogP contribution in [0.4, 0.5) is 0 Å². The minimum absolute atomic E-state index is 0.151. The summed E-state index contributed by atoms with van der Waals surface area (Å²) in [5.74, 6) is -1.90. The number of hydrogen-bond donors (Lipinski definition) is 6. The summed E-state index contributed by atoms with van der Waals surface area (Å²) in [6.07, 6.45) is -5.57. The first-order valence-electron chi connectivity index (χ1n) is 11.2. The zero-order valence-electron chi connectivity index (χ0n) is 19.0. The van der Waals surface area contributed by atoms with Crippen molar-refractivity contribution in [2.24, 2.45) is 5.92 Å². The van der Waals surface area contributed by atoms with Crippen LogP contribution >= 0.6 is 0 Å². The maximum Gasteiger partial charge on any atom is 0.331 e. The second-order valence-corrected chi connectivity index (χ2v) is 9.20. The normalized spacial score (nSPS) is 43.1. The first-order valence-corrected chi connectivity index (χ1v) is 11.2. The number of ether oxygens (including phenoxy) is 4. The van der Waals surface area contributed by atoms with Gasteiger partial charge in [-0.3, -0.25) is 0 Å². The molecule has 2 heterocycles. The smallest absolute Gasteiger partial charge is 0.331 e. The first-order chi connectivity index (χ1) is 16.6. The number of aliphatic hydroxyl groups is 6. The predicted molar refractivity (Wildman–Crippen MR) is 118 cm³/mol. The van der Waals surface area contributed by atoms with Crippen molar-refractivity contribution in [2.75, 3.05) is 6.61 Å². The molecule has 11 heteroatoms. The van der Waals surface area contributed by atoms with Crippen LogP contribution in [-0.4, -0.2) is 97.5 Å². The molecule has 0 aromatic heterocycles. The molecule has 0 bridgehead atoms. The van der Waals surface area contributed by atoms with Gasteiger partial charge < -0.3 is 49.6 Å². The molecule has 6 N–H and O–H groups in total. The molecule has 1 saturated heterocycles. The number of esters is 1. The molecule has 0 spiro atoms. The number of hydrogen-bond acceptors (Lipinski definition) is 11. The first kappa shape index (κ1) is 25.7. The van der Waals surface area contributed by atoms with Crippen LogP contribution in [0.1, 0.15) is 18.9 Å². The Hall–Kier alpha value is -2.35. The van der Waals surface area contributed by atoms with E-state index in [1.807, 2.05) is 18.2 Å². The molecule has 0 radical (unpaired) electrons. The average molecular weight is 494 g/mol. The highest BCUT2D eigenvalue weighted by atomic mass is 16.8. The molecule has 1 aromatic rings. The van der Waals surface area contributed by atoms with Gasteiger partial charge in [0.05, 0.1) is 24.9 Å². The van der Waals surface area contributed by atoms with Gasteiger partial charge in [-0.25, -0.2) is 4.79 Å². The van der Waals surface area contributed by atoms with Crippen molar-refractivity contribution in [1.82, 2.24) is 0 Å². The highest BCUT2D eigenvalue weighted by Gasteiger charge is 2.66. The number of benzene rings is 1. The van der Waals surface area contributed by atoms with Gasteiger partial charge in [-0.05, 0) is 24.6 Å². The van der Waals surface area contributed by atoms with Crippen LogP contribution in [0.5, 0.6) is 0 Å². The highest BCUT2D eigenvalue weighted by molar-refractivity contribution is 5.87. The lowest BCUT2D eigenvalue weighted by Crippen LogP contribution is -2.62. The van der Waals surface area contributed by atoms with Gasteiger partial charge in [0.15, 0.2) is 6.29 Å². The van der Waals surface area contributed by atoms with Gasteiger partial charge >= 0.3 is 5.97 Å². The van der Waals surface area contributed by atoms with E-state index in [1.165, 1.54) is 19.1 Å². The third-order valence-electron chi connectivity index (χ3n) is 6.77. The van der Waals surface area contributed by atoms with Gasteiger partial charge in [-0.15, -0.1) is 0 Å². The maximum atomic E-state index is 12.6. The largest absolute Gasteiger partial charge is 0.472 e. The van der Waals surface area contributed by atoms with E-state index >= 15 is 0 Å². The Balaban J connectivity index is 1.55. The molecule has 10 atom stereocenters. The van der Waals surface area contributed by atoms with E-state index in [-0.39, 0.29) is 6.42 Å². The van der Waals surface area contributed by atoms with E-state index in [4.69, 9.17) is 18.9 Å². The average Bonchev–Trinajstić information content (AvgIpc) is 3.03. The zero-order valence-corrected chi connectivity index (χ0v) is 19.0. The monoisotopic (exact) mass is 494 g/mol. The Morgan fingerprint density at radius 3 is 2.51 bits per heavy atom. The Bertz CT molecular complexity index is 950. The summed E-state index contributed by atoms with van der Waals surface area (Å²) in [5, 5.41) is 61.7. The van der Waals surface area contributed by atoms with Gasteiger partial charge in [0, 0.05) is 12.5 Å². The Labute approximate surface area is 201 Å². The summed E-state index contributed by atoms with van der Waals surface area (Å²) in [4.78, 5) is 12.6. The molecule has 1 aliphatic carbocycles. The van der Waals surface area contributed by atoms with Crippen LogP contribution in [0.3, 0.4) is 0 Å². The van der Waals surface area contributed by atoms with Crippen molar-refractivity contribution < 1.29 is 54.4 Å². The lowest BCUT2D eigenvalue weighted by Gasteiger charge is -2.45. The predicted octanol–water partition coefficient (Wildman–Crippen LogP) is -1.20. The zero-order chi connectivity index (χ0) is 25.4. The Morgan fingerprint density at radius 2 is 1.83 bits per heavy atom. The van der Waals surface area contributed by atoms with E-state index in [0.29, 0.717) is 0 Å². The number of carbonyl (C=O) groups is 1. The van der Waals surface area contributed by atoms with Crippen molar-refractivity contribution in [3.8, 4) is 0 Å². The molecule has 192 valence electrons. The van der Waals surface area contributed by atoms with Crippen molar-refractivity contribution >= 4 is 12.0 Å². The van der Waals surface area contributed by atoms with Crippen LogP contribution in [0.15, 0.2) is 48.7 Å². The fraction of sp³-hybridized carbons (Fsp3) is 0.542. The van der Waals surface area contributed by atoms with E-state index in [2.05, 4.69) is 0 Å². The fourth-order valence-corrected chi connectivity index (χ4v) is 4.92. The van der Waals surface area contributed by atoms with E-state index in [1.54, 1.807) is 18.2 Å². The van der Waals surface area contributed by atoms with Gasteiger partial charge in [0.2, 0.25) is 6.29 Å². The summed E-state index contributed by atoms with van der Waals surface area (Å²) in [6, 6.07) is 9.06. The summed E-state index contributed by atoms with van der Waals surface area (Å²) >= 11 is 0. The van der Waals surface area contributed by atoms with E-state index < -0.39 is 72.8 Å². The summed E-state index contributed by atoms with van der Waals surface area (Å²) in [7, 11) is 0. The molecule has 1 saturated carbocycles. The second-order valence-electron chi connectivity index (χ2n) is 9.20. The van der Waals surface area contributed by atoms with Crippen LogP contribution < -0.4 is 0 Å². The molecular weight excluding hydrogens is 464 g/mol. The standard InChI is InChI=1S/C24H30O11/c1-23(35-16(27)8-7-13-5-3-2-4-6-13)11-15(26)24(31)9-10-32-22(20(23)24)34-21-19(30)18(29)17(28)14(12-25)33-21/h2-10,14-15,17-22,25-26,28-31H,11-12H2,1H3/b8-7+/t14-,15-,17+,18+,19+,20+,21+,22-,23-,24-/m0/s1. The highest BCUT2D eigenvalue weighted by Crippen LogP contribution is 2.51. The molecule has 2 fully saturated rings. The van der Waals surface area contributed by atoms with Crippen LogP contribution in [0.2, 0.25) is 0 Å². The minimum atomic E-state index is -1.91. The number of aliphatic hydroxyl groups excluding tert-OH is 5. The van der Waals surface area contributed by atoms with Gasteiger partial charge in [-0.1, -0.05) is 30.3 Å². The number of carbonyl (C=O) groups excluding carboxylic acids is 1. The van der Waals surface area contributed by atoms with Crippen LogP contribution in [0, 0.1) is 5.92 Å². The van der Waals surface area contributed by atoms with E-state index in [9.17, 15) is 35.4 Å². The minimum Gasteiger partial charge on any atom is -0.472 e. The summed E-state index contributed by atoms with van der Waals surface area (Å²) < 4.78 is 22.3. The van der Waals surface area contributed by atoms with Crippen LogP contribution in [0.25, 0.3) is 6.08 Å². The molecule has 4 rings (SSSR count). The van der Waals surface area contributed by atoms with E-state index in [0.717, 1.165) is 11.8 Å². The SMILES string of the molecule is C[C@]1(OC(=O)/C=C/c2ccccc2)C[C@H](O)[C@@]2(O)C=CO[C@@H](O[C@H]3O[C@@H](CO)[C@@H](O)[C@@H](O)[C@H]3O)[C@@H]21. The fourth-order valence-electron chi connectivity index (χ4n) is 4.92. The Morgan fingerprint density at radius 1 is 1.11 bits per heavy atom. The van der Waals surface area contributed by atoms with Crippen molar-refractivity contribution in [3.63, 3.8) is 0 Å².